The van der Waals surface area contributed by atoms with Crippen LogP contribution >= 0.6 is 0 Å². The molecule has 0 fully saturated rings. The van der Waals surface area contributed by atoms with Crippen molar-refractivity contribution in [2.45, 2.75) is 19.5 Å². The maximum Gasteiger partial charge on any atom is 0.407 e. The van der Waals surface area contributed by atoms with Crippen molar-refractivity contribution >= 4 is 17.3 Å². The molecule has 0 heterocycles. The molecule has 0 aromatic heterocycles. The van der Waals surface area contributed by atoms with Gasteiger partial charge in [-0.3, -0.25) is 4.79 Å². The average Bonchev–Trinajstić information content (AvgIpc) is 2.36. The fourth-order valence-corrected chi connectivity index (χ4v) is 1.78. The topological polar surface area (TPSA) is 44.9 Å². The Hall–Kier alpha value is -2.23. The molecular weight excluding hydrogens is 273 g/mol. The summed E-state index contributed by atoms with van der Waals surface area (Å²) in [6.45, 7) is 8.49. The van der Waals surface area contributed by atoms with Crippen LogP contribution in [0.3, 0.4) is 0 Å². The summed E-state index contributed by atoms with van der Waals surface area (Å²) < 4.78 is 38.5. The predicted octanol–water partition coefficient (Wildman–Crippen LogP) is 3.56. The van der Waals surface area contributed by atoms with Crippen LogP contribution in [0.2, 0.25) is 0 Å². The van der Waals surface area contributed by atoms with Gasteiger partial charge in [-0.15, -0.1) is 0 Å². The number of benzene rings is 1. The quantitative estimate of drug-likeness (QED) is 0.842. The zero-order valence-corrected chi connectivity index (χ0v) is 10.7. The summed E-state index contributed by atoms with van der Waals surface area (Å²) in [5.41, 5.74) is -1.39. The average molecular weight is 286 g/mol. The molecule has 7 heteroatoms. The second kappa shape index (κ2) is 6.28. The lowest BCUT2D eigenvalue weighted by atomic mass is 10.1. The summed E-state index contributed by atoms with van der Waals surface area (Å²) in [5.74, 6) is -1.12. The number of rotatable bonds is 5. The van der Waals surface area contributed by atoms with E-state index in [2.05, 4.69) is 4.85 Å². The van der Waals surface area contributed by atoms with Gasteiger partial charge < -0.3 is 10.0 Å². The minimum Gasteiger partial charge on any atom is -0.480 e. The normalized spacial score (nSPS) is 10.9. The van der Waals surface area contributed by atoms with Crippen LogP contribution < -0.4 is 4.90 Å². The van der Waals surface area contributed by atoms with Crippen LogP contribution in [0.4, 0.5) is 24.5 Å². The van der Waals surface area contributed by atoms with Gasteiger partial charge in [-0.05, 0) is 18.6 Å². The van der Waals surface area contributed by atoms with Crippen molar-refractivity contribution in [3.8, 4) is 0 Å². The Kier molecular flexibility index (Phi) is 4.97. The first-order valence-electron chi connectivity index (χ1n) is 5.85. The monoisotopic (exact) mass is 286 g/mol. The molecule has 0 aliphatic carbocycles. The van der Waals surface area contributed by atoms with E-state index in [1.807, 2.05) is 0 Å². The molecule has 1 aromatic carbocycles. The van der Waals surface area contributed by atoms with Gasteiger partial charge in [0.1, 0.15) is 6.54 Å². The maximum atomic E-state index is 12.8. The number of alkyl halides is 3. The second-order valence-corrected chi connectivity index (χ2v) is 4.13. The zero-order valence-electron chi connectivity index (χ0n) is 10.7. The van der Waals surface area contributed by atoms with Crippen LogP contribution in [0, 0.1) is 6.57 Å². The molecule has 1 rings (SSSR count). The van der Waals surface area contributed by atoms with E-state index < -0.39 is 23.4 Å². The van der Waals surface area contributed by atoms with Gasteiger partial charge in [0.2, 0.25) is 0 Å². The fourth-order valence-electron chi connectivity index (χ4n) is 1.78. The number of carbonyl (C=O) groups is 1. The summed E-state index contributed by atoms with van der Waals surface area (Å²) in [6.07, 6.45) is -4.05. The lowest BCUT2D eigenvalue weighted by Gasteiger charge is -2.23. The van der Waals surface area contributed by atoms with Crippen molar-refractivity contribution in [3.05, 3.63) is 35.2 Å². The summed E-state index contributed by atoms with van der Waals surface area (Å²) >= 11 is 0. The van der Waals surface area contributed by atoms with Gasteiger partial charge in [-0.1, -0.05) is 13.0 Å². The number of carboxylic acids is 1. The molecule has 0 unspecified atom stereocenters. The van der Waals surface area contributed by atoms with E-state index in [1.165, 1.54) is 11.0 Å². The van der Waals surface area contributed by atoms with E-state index in [0.29, 0.717) is 13.0 Å². The van der Waals surface area contributed by atoms with E-state index in [1.54, 1.807) is 6.92 Å². The minimum atomic E-state index is -4.64. The summed E-state index contributed by atoms with van der Waals surface area (Å²) in [6, 6.07) is 3.23. The molecule has 0 aliphatic heterocycles. The molecule has 0 bridgehead atoms. The van der Waals surface area contributed by atoms with E-state index >= 15 is 0 Å². The van der Waals surface area contributed by atoms with Crippen LogP contribution in [0.1, 0.15) is 18.9 Å². The number of carboxylic acid groups (broad SMARTS) is 1. The van der Waals surface area contributed by atoms with Crippen molar-refractivity contribution in [2.24, 2.45) is 0 Å². The molecular formula is C13H13F3N2O2. The van der Waals surface area contributed by atoms with Crippen molar-refractivity contribution < 1.29 is 23.1 Å². The first-order chi connectivity index (χ1) is 9.29. The van der Waals surface area contributed by atoms with Crippen LogP contribution in [-0.4, -0.2) is 24.2 Å². The lowest BCUT2D eigenvalue weighted by Crippen LogP contribution is -2.30. The third kappa shape index (κ3) is 3.88. The van der Waals surface area contributed by atoms with E-state index in [0.717, 1.165) is 12.1 Å². The predicted molar refractivity (Wildman–Crippen MR) is 67.8 cm³/mol. The maximum absolute atomic E-state index is 12.8. The Balaban J connectivity index is 3.24. The Morgan fingerprint density at radius 1 is 1.45 bits per heavy atom. The highest BCUT2D eigenvalue weighted by molar-refractivity contribution is 5.74. The zero-order chi connectivity index (χ0) is 15.3. The van der Waals surface area contributed by atoms with Crippen molar-refractivity contribution in [3.63, 3.8) is 0 Å². The number of halogens is 3. The first kappa shape index (κ1) is 15.8. The first-order valence-corrected chi connectivity index (χ1v) is 5.85. The van der Waals surface area contributed by atoms with E-state index in [4.69, 9.17) is 11.7 Å². The molecule has 0 amide bonds. The smallest absolute Gasteiger partial charge is 0.407 e. The lowest BCUT2D eigenvalue weighted by molar-refractivity contribution is -0.137. The van der Waals surface area contributed by atoms with Gasteiger partial charge in [0.25, 0.3) is 0 Å². The molecule has 0 atom stereocenters. The van der Waals surface area contributed by atoms with Crippen LogP contribution in [-0.2, 0) is 11.0 Å². The van der Waals surface area contributed by atoms with Crippen LogP contribution in [0.25, 0.3) is 4.85 Å². The Bertz CT molecular complexity index is 535. The van der Waals surface area contributed by atoms with Gasteiger partial charge in [-0.2, -0.15) is 13.2 Å². The Morgan fingerprint density at radius 2 is 2.10 bits per heavy atom. The fraction of sp³-hybridized carbons (Fsp3) is 0.385. The summed E-state index contributed by atoms with van der Waals surface area (Å²) in [7, 11) is 0. The molecule has 1 N–H and O–H groups in total. The van der Waals surface area contributed by atoms with Crippen molar-refractivity contribution in [1.82, 2.24) is 0 Å². The van der Waals surface area contributed by atoms with Gasteiger partial charge >= 0.3 is 12.1 Å². The number of anilines is 1. The number of hydrogen-bond donors (Lipinski definition) is 1. The van der Waals surface area contributed by atoms with E-state index in [-0.39, 0.29) is 12.2 Å². The number of nitrogens with zero attached hydrogens (tertiary/aromatic N) is 2. The summed E-state index contributed by atoms with van der Waals surface area (Å²) in [5, 5.41) is 8.79. The minimum absolute atomic E-state index is 0.147. The Labute approximate surface area is 114 Å². The third-order valence-electron chi connectivity index (χ3n) is 2.59. The molecule has 0 radical (unpaired) electrons. The van der Waals surface area contributed by atoms with Crippen molar-refractivity contribution in [2.75, 3.05) is 18.0 Å². The molecule has 1 aromatic rings. The molecule has 0 saturated heterocycles. The molecule has 0 saturated carbocycles. The van der Waals surface area contributed by atoms with Gasteiger partial charge in [-0.25, -0.2) is 4.85 Å². The second-order valence-electron chi connectivity index (χ2n) is 4.13. The molecule has 0 aliphatic rings. The molecule has 20 heavy (non-hydrogen) atoms. The highest BCUT2D eigenvalue weighted by Gasteiger charge is 2.34. The van der Waals surface area contributed by atoms with E-state index in [9.17, 15) is 18.0 Å². The van der Waals surface area contributed by atoms with Crippen molar-refractivity contribution in [1.29, 1.82) is 0 Å². The van der Waals surface area contributed by atoms with Crippen LogP contribution in [0.15, 0.2) is 18.2 Å². The highest BCUT2D eigenvalue weighted by Crippen LogP contribution is 2.38. The third-order valence-corrected chi connectivity index (χ3v) is 2.59. The van der Waals surface area contributed by atoms with Gasteiger partial charge in [0.15, 0.2) is 5.69 Å². The largest absolute Gasteiger partial charge is 0.480 e. The number of aliphatic carboxylic acids is 1. The van der Waals surface area contributed by atoms with Crippen LogP contribution in [0.5, 0.6) is 0 Å². The highest BCUT2D eigenvalue weighted by atomic mass is 19.4. The van der Waals surface area contributed by atoms with Gasteiger partial charge in [0.05, 0.1) is 12.1 Å². The summed E-state index contributed by atoms with van der Waals surface area (Å²) in [4.78, 5) is 14.9. The molecule has 4 nitrogen and oxygen atoms in total. The molecule has 0 spiro atoms. The number of hydrogen-bond acceptors (Lipinski definition) is 2. The molecule has 108 valence electrons. The SMILES string of the molecule is [C-]#[N+]c1ccc(N(CCC)CC(=O)O)cc1C(F)(F)F. The van der Waals surface area contributed by atoms with Gasteiger partial charge in [0, 0.05) is 12.2 Å². The Morgan fingerprint density at radius 3 is 2.55 bits per heavy atom. The standard InChI is InChI=1S/C13H13F3N2O2/c1-3-6-18(8-12(19)20)9-4-5-11(17-2)10(7-9)13(14,15)16/h4-5,7H,3,6,8H2,1H3,(H,19,20).